The molecule has 0 saturated carbocycles. The van der Waals surface area contributed by atoms with Crippen LogP contribution in [0, 0.1) is 18.3 Å². The second kappa shape index (κ2) is 10.1. The zero-order valence-corrected chi connectivity index (χ0v) is 17.7. The van der Waals surface area contributed by atoms with E-state index in [9.17, 15) is 9.59 Å². The number of hydrogen-bond donors (Lipinski definition) is 3. The van der Waals surface area contributed by atoms with Crippen LogP contribution in [0.2, 0.25) is 0 Å². The molecule has 1 aromatic carbocycles. The predicted molar refractivity (Wildman–Crippen MR) is 115 cm³/mol. The standard InChI is InChI=1S/C21H32N4O2.ClH/c1-16-5-3-7-18(13-16)24-20(27)25-12-4-6-17(14-25)19(26)23-15-21(2)8-10-22-11-9-21;/h3,5,7,13,17,22H,4,6,8-12,14-15H2,1-2H3,(H,23,26)(H,24,27);1H. The molecular weight excluding hydrogens is 376 g/mol. The molecule has 0 aromatic heterocycles. The summed E-state index contributed by atoms with van der Waals surface area (Å²) in [5.41, 5.74) is 2.08. The minimum atomic E-state index is -0.122. The lowest BCUT2D eigenvalue weighted by atomic mass is 9.81. The van der Waals surface area contributed by atoms with Gasteiger partial charge in [0.05, 0.1) is 5.92 Å². The number of nitrogens with zero attached hydrogens (tertiary/aromatic N) is 1. The fraction of sp³-hybridized carbons (Fsp3) is 0.619. The molecule has 2 saturated heterocycles. The van der Waals surface area contributed by atoms with E-state index in [1.807, 2.05) is 31.2 Å². The Morgan fingerprint density at radius 2 is 2.04 bits per heavy atom. The van der Waals surface area contributed by atoms with E-state index < -0.39 is 0 Å². The van der Waals surface area contributed by atoms with Gasteiger partial charge < -0.3 is 20.9 Å². The van der Waals surface area contributed by atoms with E-state index in [1.54, 1.807) is 4.90 Å². The van der Waals surface area contributed by atoms with Crippen LogP contribution in [0.4, 0.5) is 10.5 Å². The van der Waals surface area contributed by atoms with Gasteiger partial charge in [0.25, 0.3) is 0 Å². The SMILES string of the molecule is Cc1cccc(NC(=O)N2CCCC(C(=O)NCC3(C)CCNCC3)C2)c1.Cl. The van der Waals surface area contributed by atoms with Gasteiger partial charge >= 0.3 is 6.03 Å². The Morgan fingerprint density at radius 3 is 2.75 bits per heavy atom. The van der Waals surface area contributed by atoms with Crippen molar-refractivity contribution in [2.75, 3.05) is 38.0 Å². The first kappa shape index (κ1) is 22.5. The third kappa shape index (κ3) is 6.11. The summed E-state index contributed by atoms with van der Waals surface area (Å²) in [6.45, 7) is 8.19. The number of likely N-dealkylation sites (tertiary alicyclic amines) is 1. The number of benzene rings is 1. The quantitative estimate of drug-likeness (QED) is 0.716. The Morgan fingerprint density at radius 1 is 1.29 bits per heavy atom. The highest BCUT2D eigenvalue weighted by Gasteiger charge is 2.31. The number of urea groups is 1. The fourth-order valence-electron chi connectivity index (χ4n) is 3.95. The minimum absolute atomic E-state index is 0. The van der Waals surface area contributed by atoms with E-state index in [1.165, 1.54) is 0 Å². The Kier molecular flexibility index (Phi) is 8.13. The van der Waals surface area contributed by atoms with E-state index in [0.29, 0.717) is 13.1 Å². The van der Waals surface area contributed by atoms with Crippen molar-refractivity contribution in [2.45, 2.75) is 39.5 Å². The van der Waals surface area contributed by atoms with Crippen molar-refractivity contribution in [3.8, 4) is 0 Å². The van der Waals surface area contributed by atoms with Gasteiger partial charge in [0.1, 0.15) is 0 Å². The molecule has 3 N–H and O–H groups in total. The third-order valence-corrected chi connectivity index (χ3v) is 5.85. The van der Waals surface area contributed by atoms with E-state index in [0.717, 1.165) is 56.6 Å². The maximum absolute atomic E-state index is 12.7. The number of halogens is 1. The average Bonchev–Trinajstić information content (AvgIpc) is 2.67. The molecule has 6 nitrogen and oxygen atoms in total. The van der Waals surface area contributed by atoms with Crippen molar-refractivity contribution < 1.29 is 9.59 Å². The number of carbonyl (C=O) groups excluding carboxylic acids is 2. The van der Waals surface area contributed by atoms with Crippen molar-refractivity contribution in [3.05, 3.63) is 29.8 Å². The van der Waals surface area contributed by atoms with Gasteiger partial charge in [-0.2, -0.15) is 0 Å². The molecule has 0 radical (unpaired) electrons. The monoisotopic (exact) mass is 408 g/mol. The number of hydrogen-bond acceptors (Lipinski definition) is 3. The topological polar surface area (TPSA) is 73.5 Å². The van der Waals surface area contributed by atoms with Crippen LogP contribution in [0.5, 0.6) is 0 Å². The Bertz CT molecular complexity index is 676. The van der Waals surface area contributed by atoms with Gasteiger partial charge in [-0.05, 0) is 68.8 Å². The number of aryl methyl sites for hydroxylation is 1. The molecule has 1 atom stereocenters. The number of carbonyl (C=O) groups is 2. The fourth-order valence-corrected chi connectivity index (χ4v) is 3.95. The Labute approximate surface area is 174 Å². The third-order valence-electron chi connectivity index (χ3n) is 5.85. The smallest absolute Gasteiger partial charge is 0.321 e. The van der Waals surface area contributed by atoms with Gasteiger partial charge in [0.15, 0.2) is 0 Å². The molecule has 0 aliphatic carbocycles. The minimum Gasteiger partial charge on any atom is -0.355 e. The zero-order valence-electron chi connectivity index (χ0n) is 16.9. The van der Waals surface area contributed by atoms with Crippen molar-refractivity contribution in [1.82, 2.24) is 15.5 Å². The lowest BCUT2D eigenvalue weighted by Gasteiger charge is -2.36. The molecule has 1 aromatic rings. The number of nitrogens with one attached hydrogen (secondary N) is 3. The second-order valence-corrected chi connectivity index (χ2v) is 8.36. The number of piperidine rings is 2. The van der Waals surface area contributed by atoms with Crippen molar-refractivity contribution in [3.63, 3.8) is 0 Å². The molecule has 7 heteroatoms. The molecule has 2 fully saturated rings. The summed E-state index contributed by atoms with van der Waals surface area (Å²) < 4.78 is 0. The van der Waals surface area contributed by atoms with Gasteiger partial charge in [0.2, 0.25) is 5.91 Å². The summed E-state index contributed by atoms with van der Waals surface area (Å²) in [6, 6.07) is 7.65. The maximum Gasteiger partial charge on any atom is 0.321 e. The summed E-state index contributed by atoms with van der Waals surface area (Å²) in [5.74, 6) is -0.0323. The highest BCUT2D eigenvalue weighted by molar-refractivity contribution is 5.90. The average molecular weight is 409 g/mol. The number of amides is 3. The van der Waals surface area contributed by atoms with Gasteiger partial charge in [-0.3, -0.25) is 4.79 Å². The molecule has 2 aliphatic heterocycles. The Balaban J connectivity index is 0.00000280. The van der Waals surface area contributed by atoms with Crippen molar-refractivity contribution in [1.29, 1.82) is 0 Å². The maximum atomic E-state index is 12.7. The normalized spacial score (nSPS) is 21.4. The summed E-state index contributed by atoms with van der Waals surface area (Å²) in [6.07, 6.45) is 3.88. The first-order valence-corrected chi connectivity index (χ1v) is 10.1. The summed E-state index contributed by atoms with van der Waals surface area (Å²) in [7, 11) is 0. The van der Waals surface area contributed by atoms with Crippen LogP contribution in [0.3, 0.4) is 0 Å². The molecular formula is C21H33ClN4O2. The largest absolute Gasteiger partial charge is 0.355 e. The highest BCUT2D eigenvalue weighted by Crippen LogP contribution is 2.27. The van der Waals surface area contributed by atoms with Gasteiger partial charge in [-0.15, -0.1) is 12.4 Å². The Hall–Kier alpha value is -1.79. The molecule has 0 bridgehead atoms. The number of rotatable bonds is 4. The molecule has 2 aliphatic rings. The van der Waals surface area contributed by atoms with Gasteiger partial charge in [0, 0.05) is 25.3 Å². The highest BCUT2D eigenvalue weighted by atomic mass is 35.5. The van der Waals surface area contributed by atoms with Crippen LogP contribution in [-0.2, 0) is 4.79 Å². The van der Waals surface area contributed by atoms with Crippen LogP contribution in [0.1, 0.15) is 38.2 Å². The van der Waals surface area contributed by atoms with Crippen LogP contribution in [-0.4, -0.2) is 49.6 Å². The van der Waals surface area contributed by atoms with Crippen molar-refractivity contribution in [2.24, 2.45) is 11.3 Å². The van der Waals surface area contributed by atoms with Crippen LogP contribution < -0.4 is 16.0 Å². The molecule has 0 spiro atoms. The van der Waals surface area contributed by atoms with Crippen molar-refractivity contribution >= 4 is 30.0 Å². The van der Waals surface area contributed by atoms with Crippen LogP contribution in [0.25, 0.3) is 0 Å². The molecule has 2 heterocycles. The molecule has 156 valence electrons. The second-order valence-electron chi connectivity index (χ2n) is 8.36. The molecule has 3 rings (SSSR count). The van der Waals surface area contributed by atoms with E-state index >= 15 is 0 Å². The first-order chi connectivity index (χ1) is 13.0. The van der Waals surface area contributed by atoms with Crippen LogP contribution >= 0.6 is 12.4 Å². The van der Waals surface area contributed by atoms with Gasteiger partial charge in [-0.25, -0.2) is 4.79 Å². The summed E-state index contributed by atoms with van der Waals surface area (Å²) in [4.78, 5) is 27.0. The molecule has 28 heavy (non-hydrogen) atoms. The van der Waals surface area contributed by atoms with Crippen LogP contribution in [0.15, 0.2) is 24.3 Å². The molecule has 3 amide bonds. The lowest BCUT2D eigenvalue weighted by Crippen LogP contribution is -2.49. The first-order valence-electron chi connectivity index (χ1n) is 10.1. The van der Waals surface area contributed by atoms with E-state index in [4.69, 9.17) is 0 Å². The molecule has 1 unspecified atom stereocenters. The lowest BCUT2D eigenvalue weighted by molar-refractivity contribution is -0.126. The summed E-state index contributed by atoms with van der Waals surface area (Å²) in [5, 5.41) is 9.47. The predicted octanol–water partition coefficient (Wildman–Crippen LogP) is 3.17. The van der Waals surface area contributed by atoms with E-state index in [-0.39, 0.29) is 35.7 Å². The zero-order chi connectivity index (χ0) is 19.3. The van der Waals surface area contributed by atoms with E-state index in [2.05, 4.69) is 22.9 Å². The van der Waals surface area contributed by atoms with Gasteiger partial charge in [-0.1, -0.05) is 19.1 Å². The summed E-state index contributed by atoms with van der Waals surface area (Å²) >= 11 is 0. The number of anilines is 1.